The molecular formula is C27H48O2. The van der Waals surface area contributed by atoms with E-state index in [1.54, 1.807) is 0 Å². The fourth-order valence-electron chi connectivity index (χ4n) is 6.84. The number of hydrogen-bond acceptors (Lipinski definition) is 2. The molecule has 3 fully saturated rings. The molecule has 0 heterocycles. The summed E-state index contributed by atoms with van der Waals surface area (Å²) >= 11 is 0. The zero-order chi connectivity index (χ0) is 20.5. The van der Waals surface area contributed by atoms with Gasteiger partial charge in [-0.15, -0.1) is 0 Å². The molecule has 0 amide bonds. The van der Waals surface area contributed by atoms with E-state index in [-0.39, 0.29) is 12.1 Å². The number of esters is 1. The van der Waals surface area contributed by atoms with Crippen LogP contribution >= 0.6 is 0 Å². The maximum atomic E-state index is 11.5. The molecule has 0 aliphatic heterocycles. The van der Waals surface area contributed by atoms with E-state index >= 15 is 0 Å². The second-order valence-corrected chi connectivity index (χ2v) is 10.7. The first-order valence-corrected chi connectivity index (χ1v) is 13.4. The van der Waals surface area contributed by atoms with Gasteiger partial charge < -0.3 is 4.74 Å². The Hall–Kier alpha value is -0.530. The summed E-state index contributed by atoms with van der Waals surface area (Å²) in [4.78, 5) is 11.5. The highest BCUT2D eigenvalue weighted by atomic mass is 16.5. The number of ether oxygens (including phenoxy) is 1. The summed E-state index contributed by atoms with van der Waals surface area (Å²) in [5.41, 5.74) is 0. The summed E-state index contributed by atoms with van der Waals surface area (Å²) in [5.74, 6) is 5.00. The lowest BCUT2D eigenvalue weighted by Gasteiger charge is -2.41. The van der Waals surface area contributed by atoms with E-state index < -0.39 is 0 Å². The molecular weight excluding hydrogens is 356 g/mol. The Morgan fingerprint density at radius 2 is 1.14 bits per heavy atom. The van der Waals surface area contributed by atoms with Gasteiger partial charge in [0.15, 0.2) is 0 Å². The predicted octanol–water partition coefficient (Wildman–Crippen LogP) is 8.08. The molecule has 0 aromatic carbocycles. The van der Waals surface area contributed by atoms with Gasteiger partial charge in [0.25, 0.3) is 0 Å². The molecule has 29 heavy (non-hydrogen) atoms. The summed E-state index contributed by atoms with van der Waals surface area (Å²) in [6.45, 7) is 4.21. The van der Waals surface area contributed by atoms with Crippen LogP contribution in [0.25, 0.3) is 0 Å². The van der Waals surface area contributed by atoms with E-state index in [0.29, 0.717) is 6.42 Å². The predicted molar refractivity (Wildman–Crippen MR) is 122 cm³/mol. The third-order valence-electron chi connectivity index (χ3n) is 8.81. The van der Waals surface area contributed by atoms with Crippen LogP contribution in [0.3, 0.4) is 0 Å². The maximum Gasteiger partial charge on any atom is 0.305 e. The van der Waals surface area contributed by atoms with Crippen molar-refractivity contribution >= 4 is 5.97 Å². The van der Waals surface area contributed by atoms with Crippen molar-refractivity contribution in [1.82, 2.24) is 0 Å². The monoisotopic (exact) mass is 404 g/mol. The Morgan fingerprint density at radius 3 is 1.62 bits per heavy atom. The molecule has 0 bridgehead atoms. The first-order valence-electron chi connectivity index (χ1n) is 13.4. The van der Waals surface area contributed by atoms with Crippen molar-refractivity contribution in [3.63, 3.8) is 0 Å². The molecule has 0 radical (unpaired) electrons. The van der Waals surface area contributed by atoms with Gasteiger partial charge in [-0.05, 0) is 93.8 Å². The van der Waals surface area contributed by atoms with E-state index in [2.05, 4.69) is 6.92 Å². The Kier molecular flexibility index (Phi) is 9.86. The number of unbranched alkanes of at least 4 members (excludes halogenated alkanes) is 3. The van der Waals surface area contributed by atoms with Crippen molar-refractivity contribution in [2.24, 2.45) is 29.6 Å². The van der Waals surface area contributed by atoms with Crippen LogP contribution in [0.5, 0.6) is 0 Å². The third kappa shape index (κ3) is 7.28. The molecule has 0 N–H and O–H groups in total. The summed E-state index contributed by atoms with van der Waals surface area (Å²) in [7, 11) is 0. The van der Waals surface area contributed by atoms with Crippen molar-refractivity contribution in [2.45, 2.75) is 136 Å². The maximum absolute atomic E-state index is 11.5. The van der Waals surface area contributed by atoms with Gasteiger partial charge in [0.1, 0.15) is 6.10 Å². The Balaban J connectivity index is 1.30. The van der Waals surface area contributed by atoms with Gasteiger partial charge in [0.2, 0.25) is 0 Å². The van der Waals surface area contributed by atoms with Gasteiger partial charge in [-0.2, -0.15) is 0 Å². The van der Waals surface area contributed by atoms with Crippen molar-refractivity contribution in [3.05, 3.63) is 0 Å². The van der Waals surface area contributed by atoms with Crippen LogP contribution in [0.4, 0.5) is 0 Å². The topological polar surface area (TPSA) is 26.3 Å². The van der Waals surface area contributed by atoms with Gasteiger partial charge >= 0.3 is 5.97 Å². The largest absolute Gasteiger partial charge is 0.462 e. The van der Waals surface area contributed by atoms with Crippen molar-refractivity contribution in [1.29, 1.82) is 0 Å². The van der Waals surface area contributed by atoms with E-state index in [1.165, 1.54) is 96.3 Å². The van der Waals surface area contributed by atoms with Crippen molar-refractivity contribution < 1.29 is 9.53 Å². The lowest BCUT2D eigenvalue weighted by molar-refractivity contribution is -0.150. The molecule has 0 saturated heterocycles. The smallest absolute Gasteiger partial charge is 0.305 e. The summed E-state index contributed by atoms with van der Waals surface area (Å²) < 4.78 is 5.58. The second-order valence-electron chi connectivity index (χ2n) is 10.7. The number of hydrogen-bond donors (Lipinski definition) is 0. The molecule has 168 valence electrons. The summed E-state index contributed by atoms with van der Waals surface area (Å²) in [6, 6.07) is 0. The molecule has 0 aromatic rings. The van der Waals surface area contributed by atoms with Gasteiger partial charge in [-0.25, -0.2) is 0 Å². The van der Waals surface area contributed by atoms with Gasteiger partial charge in [0.05, 0.1) is 0 Å². The quantitative estimate of drug-likeness (QED) is 0.287. The van der Waals surface area contributed by atoms with Gasteiger partial charge in [-0.3, -0.25) is 4.79 Å². The van der Waals surface area contributed by atoms with Gasteiger partial charge in [-0.1, -0.05) is 58.8 Å². The molecule has 3 aliphatic rings. The van der Waals surface area contributed by atoms with Crippen LogP contribution in [0.15, 0.2) is 0 Å². The first kappa shape index (κ1) is 23.1. The van der Waals surface area contributed by atoms with Crippen molar-refractivity contribution in [2.75, 3.05) is 0 Å². The van der Waals surface area contributed by atoms with E-state index in [1.807, 2.05) is 6.92 Å². The van der Waals surface area contributed by atoms with Crippen LogP contribution < -0.4 is 0 Å². The van der Waals surface area contributed by atoms with E-state index in [9.17, 15) is 4.79 Å². The highest BCUT2D eigenvalue weighted by Crippen LogP contribution is 2.46. The average molecular weight is 405 g/mol. The molecule has 2 nitrogen and oxygen atoms in total. The molecule has 3 saturated carbocycles. The molecule has 2 heteroatoms. The second kappa shape index (κ2) is 12.4. The van der Waals surface area contributed by atoms with Crippen LogP contribution in [-0.4, -0.2) is 12.1 Å². The number of carbonyl (C=O) groups is 1. The first-order chi connectivity index (χ1) is 14.2. The lowest BCUT2D eigenvalue weighted by Crippen LogP contribution is -2.31. The van der Waals surface area contributed by atoms with E-state index in [0.717, 1.165) is 42.4 Å². The zero-order valence-corrected chi connectivity index (χ0v) is 19.5. The lowest BCUT2D eigenvalue weighted by atomic mass is 9.65. The number of rotatable bonds is 9. The fraction of sp³-hybridized carbons (Fsp3) is 0.963. The zero-order valence-electron chi connectivity index (χ0n) is 19.5. The third-order valence-corrected chi connectivity index (χ3v) is 8.81. The Bertz CT molecular complexity index is 449. The molecule has 0 unspecified atom stereocenters. The Labute approximate surface area is 180 Å². The summed E-state index contributed by atoms with van der Waals surface area (Å²) in [5, 5.41) is 0. The minimum atomic E-state index is -0.00959. The minimum absolute atomic E-state index is 0.00959. The SMILES string of the molecule is CCCCCC[C@H]1CC[C@H]([C@H]2CC[C@H]([C@H]3CC[C@H](OC(=O)CC)CC3)CC2)CC1. The standard InChI is InChI=1S/C27H48O2/c1-3-5-6-7-8-21-9-11-22(12-10-21)23-13-15-24(16-14-23)25-17-19-26(20-18-25)29-27(28)4-2/h21-26H,3-20H2,1-2H3/t21-,22-,23-,24-,25-,26-. The molecule has 0 atom stereocenters. The number of carbonyl (C=O) groups excluding carboxylic acids is 1. The van der Waals surface area contributed by atoms with Crippen LogP contribution in [0.1, 0.15) is 129 Å². The minimum Gasteiger partial charge on any atom is -0.462 e. The normalized spacial score (nSPS) is 35.9. The summed E-state index contributed by atoms with van der Waals surface area (Å²) in [6.07, 6.45) is 24.9. The highest BCUT2D eigenvalue weighted by Gasteiger charge is 2.35. The van der Waals surface area contributed by atoms with E-state index in [4.69, 9.17) is 4.74 Å². The van der Waals surface area contributed by atoms with Crippen LogP contribution in [0.2, 0.25) is 0 Å². The van der Waals surface area contributed by atoms with Crippen molar-refractivity contribution in [3.8, 4) is 0 Å². The molecule has 3 rings (SSSR count). The van der Waals surface area contributed by atoms with Crippen LogP contribution in [0, 0.1) is 29.6 Å². The molecule has 0 aromatic heterocycles. The highest BCUT2D eigenvalue weighted by molar-refractivity contribution is 5.69. The molecule has 3 aliphatic carbocycles. The fourth-order valence-corrected chi connectivity index (χ4v) is 6.84. The van der Waals surface area contributed by atoms with Gasteiger partial charge in [0, 0.05) is 6.42 Å². The average Bonchev–Trinajstić information content (AvgIpc) is 2.78. The van der Waals surface area contributed by atoms with Crippen LogP contribution in [-0.2, 0) is 9.53 Å². The molecule has 0 spiro atoms. The Morgan fingerprint density at radius 1 is 0.655 bits per heavy atom.